The van der Waals surface area contributed by atoms with E-state index in [1.807, 2.05) is 12.2 Å². The first-order valence-electron chi connectivity index (χ1n) is 9.21. The fourth-order valence-electron chi connectivity index (χ4n) is 1.94. The van der Waals surface area contributed by atoms with Crippen LogP contribution in [0.1, 0.15) is 39.0 Å². The van der Waals surface area contributed by atoms with Crippen molar-refractivity contribution in [3.8, 4) is 0 Å². The molecule has 0 radical (unpaired) electrons. The smallest absolute Gasteiger partial charge is 0.303 e. The molecule has 0 bridgehead atoms. The number of rotatable bonds is 14. The molecule has 0 aromatic carbocycles. The van der Waals surface area contributed by atoms with Crippen LogP contribution in [0.5, 0.6) is 0 Å². The van der Waals surface area contributed by atoms with Crippen molar-refractivity contribution < 1.29 is 25.2 Å². The number of carboxylic acid groups (broad SMARTS) is 1. The molecule has 0 saturated heterocycles. The normalized spacial score (nSPS) is 16.6. The number of carboxylic acids is 1. The lowest BCUT2D eigenvalue weighted by Gasteiger charge is -2.11. The zero-order valence-electron chi connectivity index (χ0n) is 15.9. The summed E-state index contributed by atoms with van der Waals surface area (Å²) >= 11 is 0. The topological polar surface area (TPSA) is 98.0 Å². The summed E-state index contributed by atoms with van der Waals surface area (Å²) in [5.74, 6) is -0.930. The first-order chi connectivity index (χ1) is 13.0. The van der Waals surface area contributed by atoms with Gasteiger partial charge >= 0.3 is 5.97 Å². The molecule has 1 unspecified atom stereocenters. The van der Waals surface area contributed by atoms with Crippen LogP contribution in [-0.4, -0.2) is 44.7 Å². The van der Waals surface area contributed by atoms with Crippen LogP contribution < -0.4 is 0 Å². The Morgan fingerprint density at radius 1 is 0.852 bits per heavy atom. The fourth-order valence-corrected chi connectivity index (χ4v) is 1.94. The van der Waals surface area contributed by atoms with E-state index in [0.29, 0.717) is 6.42 Å². The first kappa shape index (κ1) is 24.8. The summed E-state index contributed by atoms with van der Waals surface area (Å²) in [5.41, 5.74) is 0. The van der Waals surface area contributed by atoms with Crippen LogP contribution in [0.15, 0.2) is 72.9 Å². The van der Waals surface area contributed by atoms with Gasteiger partial charge in [-0.3, -0.25) is 4.79 Å². The molecule has 27 heavy (non-hydrogen) atoms. The first-order valence-corrected chi connectivity index (χ1v) is 9.21. The molecule has 5 nitrogen and oxygen atoms in total. The van der Waals surface area contributed by atoms with Gasteiger partial charge in [0.25, 0.3) is 0 Å². The Labute approximate surface area is 162 Å². The fraction of sp³-hybridized carbons (Fsp3) is 0.409. The zero-order valence-corrected chi connectivity index (χ0v) is 15.9. The number of aliphatic carboxylic acids is 1. The van der Waals surface area contributed by atoms with Crippen molar-refractivity contribution in [1.29, 1.82) is 0 Å². The van der Waals surface area contributed by atoms with Crippen molar-refractivity contribution >= 4 is 5.97 Å². The second-order valence-corrected chi connectivity index (χ2v) is 5.92. The van der Waals surface area contributed by atoms with Gasteiger partial charge in [0.05, 0.1) is 18.3 Å². The number of allylic oxidation sites excluding steroid dienone is 9. The van der Waals surface area contributed by atoms with Crippen molar-refractivity contribution in [2.75, 3.05) is 0 Å². The maximum atomic E-state index is 10.4. The van der Waals surface area contributed by atoms with E-state index in [-0.39, 0.29) is 12.8 Å². The van der Waals surface area contributed by atoms with E-state index in [0.717, 1.165) is 12.8 Å². The van der Waals surface area contributed by atoms with Crippen LogP contribution in [0.25, 0.3) is 0 Å². The molecule has 150 valence electrons. The van der Waals surface area contributed by atoms with Gasteiger partial charge in [0.1, 0.15) is 0 Å². The van der Waals surface area contributed by atoms with Crippen LogP contribution in [0, 0.1) is 0 Å². The van der Waals surface area contributed by atoms with E-state index in [9.17, 15) is 20.1 Å². The SMILES string of the molecule is CC/C=C\C/C=C\C[C@H](O)C(O)C=CC=CC=CC=C[C@@H](O)CCC(=O)O. The lowest BCUT2D eigenvalue weighted by atomic mass is 10.1. The molecule has 0 aliphatic carbocycles. The van der Waals surface area contributed by atoms with Crippen molar-refractivity contribution in [1.82, 2.24) is 0 Å². The molecule has 0 aliphatic rings. The summed E-state index contributed by atoms with van der Waals surface area (Å²) in [6.07, 6.45) is 21.0. The second-order valence-electron chi connectivity index (χ2n) is 5.92. The van der Waals surface area contributed by atoms with E-state index >= 15 is 0 Å². The maximum absolute atomic E-state index is 10.4. The van der Waals surface area contributed by atoms with Crippen molar-refractivity contribution in [3.05, 3.63) is 72.9 Å². The summed E-state index contributed by atoms with van der Waals surface area (Å²) in [6.45, 7) is 2.07. The maximum Gasteiger partial charge on any atom is 0.303 e. The molecule has 0 amide bonds. The van der Waals surface area contributed by atoms with Gasteiger partial charge in [-0.1, -0.05) is 79.8 Å². The van der Waals surface area contributed by atoms with Gasteiger partial charge < -0.3 is 20.4 Å². The number of hydrogen-bond donors (Lipinski definition) is 4. The summed E-state index contributed by atoms with van der Waals surface area (Å²) in [7, 11) is 0. The van der Waals surface area contributed by atoms with Gasteiger partial charge in [0.2, 0.25) is 0 Å². The quantitative estimate of drug-likeness (QED) is 0.275. The summed E-state index contributed by atoms with van der Waals surface area (Å²) in [4.78, 5) is 10.4. The molecule has 3 atom stereocenters. The largest absolute Gasteiger partial charge is 0.481 e. The molecule has 0 saturated carbocycles. The minimum absolute atomic E-state index is 0.0696. The van der Waals surface area contributed by atoms with Crippen LogP contribution in [0.4, 0.5) is 0 Å². The van der Waals surface area contributed by atoms with Crippen LogP contribution in [-0.2, 0) is 4.79 Å². The third-order valence-electron chi connectivity index (χ3n) is 3.46. The Morgan fingerprint density at radius 2 is 1.44 bits per heavy atom. The highest BCUT2D eigenvalue weighted by molar-refractivity contribution is 5.66. The van der Waals surface area contributed by atoms with E-state index in [2.05, 4.69) is 19.1 Å². The highest BCUT2D eigenvalue weighted by Gasteiger charge is 2.10. The zero-order chi connectivity index (χ0) is 20.3. The molecular weight excluding hydrogens is 344 g/mol. The minimum Gasteiger partial charge on any atom is -0.481 e. The van der Waals surface area contributed by atoms with Gasteiger partial charge in [0.15, 0.2) is 0 Å². The molecule has 5 heteroatoms. The lowest BCUT2D eigenvalue weighted by molar-refractivity contribution is -0.137. The minimum atomic E-state index is -0.932. The molecule has 0 aliphatic heterocycles. The molecular formula is C22H32O5. The summed E-state index contributed by atoms with van der Waals surface area (Å²) in [5, 5.41) is 37.7. The van der Waals surface area contributed by atoms with Crippen LogP contribution in [0.3, 0.4) is 0 Å². The monoisotopic (exact) mass is 376 g/mol. The molecule has 0 rings (SSSR count). The van der Waals surface area contributed by atoms with Crippen LogP contribution >= 0.6 is 0 Å². The van der Waals surface area contributed by atoms with Crippen molar-refractivity contribution in [3.63, 3.8) is 0 Å². The standard InChI is InChI=1S/C22H32O5/c1-2-3-4-5-9-12-15-20(24)21(25)16-13-10-7-6-8-11-14-19(23)17-18-22(26)27/h3-4,6-14,16,19-21,23-25H,2,5,15,17-18H2,1H3,(H,26,27)/b4-3-,8-6?,10-7?,12-9-,14-11?,16-13?/t19-,20+,21?/m1/s1. The molecule has 4 N–H and O–H groups in total. The van der Waals surface area contributed by atoms with Gasteiger partial charge in [-0.2, -0.15) is 0 Å². The van der Waals surface area contributed by atoms with Gasteiger partial charge in [0, 0.05) is 6.42 Å². The highest BCUT2D eigenvalue weighted by atomic mass is 16.4. The average molecular weight is 376 g/mol. The van der Waals surface area contributed by atoms with E-state index in [1.165, 1.54) is 12.2 Å². The number of aliphatic hydroxyl groups is 3. The van der Waals surface area contributed by atoms with E-state index in [4.69, 9.17) is 5.11 Å². The van der Waals surface area contributed by atoms with Crippen molar-refractivity contribution in [2.24, 2.45) is 0 Å². The Kier molecular flexibility index (Phi) is 15.8. The number of carbonyl (C=O) groups is 1. The molecule has 0 fully saturated rings. The van der Waals surface area contributed by atoms with Gasteiger partial charge in [-0.15, -0.1) is 0 Å². The number of hydrogen-bond acceptors (Lipinski definition) is 4. The van der Waals surface area contributed by atoms with Crippen molar-refractivity contribution in [2.45, 2.75) is 57.3 Å². The molecule has 0 aromatic rings. The molecule has 0 spiro atoms. The third-order valence-corrected chi connectivity index (χ3v) is 3.46. The summed E-state index contributed by atoms with van der Waals surface area (Å²) in [6, 6.07) is 0. The second kappa shape index (κ2) is 17.2. The lowest BCUT2D eigenvalue weighted by Crippen LogP contribution is -2.22. The number of aliphatic hydroxyl groups excluding tert-OH is 3. The van der Waals surface area contributed by atoms with E-state index in [1.54, 1.807) is 36.5 Å². The Morgan fingerprint density at radius 3 is 2.07 bits per heavy atom. The van der Waals surface area contributed by atoms with Gasteiger partial charge in [-0.25, -0.2) is 0 Å². The third kappa shape index (κ3) is 17.0. The predicted octanol–water partition coefficient (Wildman–Crippen LogP) is 3.46. The Balaban J connectivity index is 4.06. The summed E-state index contributed by atoms with van der Waals surface area (Å²) < 4.78 is 0. The Hall–Kier alpha value is -2.21. The average Bonchev–Trinajstić information content (AvgIpc) is 2.64. The van der Waals surface area contributed by atoms with Gasteiger partial charge in [-0.05, 0) is 25.7 Å². The van der Waals surface area contributed by atoms with Crippen LogP contribution in [0.2, 0.25) is 0 Å². The van der Waals surface area contributed by atoms with E-state index < -0.39 is 24.3 Å². The molecule has 0 heterocycles. The predicted molar refractivity (Wildman–Crippen MR) is 109 cm³/mol. The molecule has 0 aromatic heterocycles. The highest BCUT2D eigenvalue weighted by Crippen LogP contribution is 2.03. The Bertz CT molecular complexity index is 555.